The SMILES string of the molecule is N#Cc1ccc(S(=O)(=O)N2CCOC(CO)C2)cc1Cl. The second-order valence-electron chi connectivity index (χ2n) is 4.29. The molecule has 6 nitrogen and oxygen atoms in total. The summed E-state index contributed by atoms with van der Waals surface area (Å²) in [5, 5.41) is 17.9. The van der Waals surface area contributed by atoms with Crippen molar-refractivity contribution in [3.8, 4) is 6.07 Å². The molecule has 1 aromatic carbocycles. The molecule has 0 radical (unpaired) electrons. The number of nitriles is 1. The maximum Gasteiger partial charge on any atom is 0.243 e. The quantitative estimate of drug-likeness (QED) is 0.881. The molecule has 2 rings (SSSR count). The Morgan fingerprint density at radius 2 is 2.30 bits per heavy atom. The summed E-state index contributed by atoms with van der Waals surface area (Å²) in [5.41, 5.74) is 0.223. The third kappa shape index (κ3) is 2.95. The van der Waals surface area contributed by atoms with Crippen molar-refractivity contribution in [3.05, 3.63) is 28.8 Å². The van der Waals surface area contributed by atoms with Gasteiger partial charge in [0.05, 0.1) is 34.8 Å². The van der Waals surface area contributed by atoms with Gasteiger partial charge in [-0.3, -0.25) is 0 Å². The minimum absolute atomic E-state index is 0.0279. The summed E-state index contributed by atoms with van der Waals surface area (Å²) in [6, 6.07) is 5.86. The first kappa shape index (κ1) is 15.2. The molecule has 1 aliphatic heterocycles. The molecule has 1 unspecified atom stereocenters. The Bertz CT molecular complexity index is 641. The molecule has 1 saturated heterocycles. The van der Waals surface area contributed by atoms with E-state index in [1.165, 1.54) is 22.5 Å². The first-order valence-corrected chi connectivity index (χ1v) is 7.73. The fraction of sp³-hybridized carbons (Fsp3) is 0.417. The number of nitrogens with zero attached hydrogens (tertiary/aromatic N) is 2. The van der Waals surface area contributed by atoms with Gasteiger partial charge in [-0.15, -0.1) is 0 Å². The van der Waals surface area contributed by atoms with Gasteiger partial charge in [-0.25, -0.2) is 8.42 Å². The zero-order chi connectivity index (χ0) is 14.8. The highest BCUT2D eigenvalue weighted by molar-refractivity contribution is 7.89. The van der Waals surface area contributed by atoms with E-state index in [1.54, 1.807) is 0 Å². The summed E-state index contributed by atoms with van der Waals surface area (Å²) in [6.07, 6.45) is -0.521. The summed E-state index contributed by atoms with van der Waals surface area (Å²) < 4.78 is 31.4. The first-order chi connectivity index (χ1) is 9.48. The molecule has 1 atom stereocenters. The molecular weight excluding hydrogens is 304 g/mol. The summed E-state index contributed by atoms with van der Waals surface area (Å²) in [6.45, 7) is 0.307. The summed E-state index contributed by atoms with van der Waals surface area (Å²) in [4.78, 5) is 0.0279. The molecule has 1 heterocycles. The number of hydrogen-bond donors (Lipinski definition) is 1. The van der Waals surface area contributed by atoms with Gasteiger partial charge >= 0.3 is 0 Å². The third-order valence-corrected chi connectivity index (χ3v) is 5.18. The van der Waals surface area contributed by atoms with E-state index in [-0.39, 0.29) is 41.8 Å². The minimum Gasteiger partial charge on any atom is -0.394 e. The Balaban J connectivity index is 2.31. The van der Waals surface area contributed by atoms with E-state index in [1.807, 2.05) is 6.07 Å². The van der Waals surface area contributed by atoms with Gasteiger partial charge in [-0.05, 0) is 18.2 Å². The van der Waals surface area contributed by atoms with Crippen molar-refractivity contribution in [3.63, 3.8) is 0 Å². The number of benzene rings is 1. The predicted molar refractivity (Wildman–Crippen MR) is 71.8 cm³/mol. The van der Waals surface area contributed by atoms with Gasteiger partial charge < -0.3 is 9.84 Å². The van der Waals surface area contributed by atoms with E-state index in [9.17, 15) is 8.42 Å². The van der Waals surface area contributed by atoms with Gasteiger partial charge in [0.15, 0.2) is 0 Å². The van der Waals surface area contributed by atoms with Gasteiger partial charge in [-0.2, -0.15) is 9.57 Å². The fourth-order valence-corrected chi connectivity index (χ4v) is 3.69. The molecule has 0 spiro atoms. The van der Waals surface area contributed by atoms with E-state index in [0.29, 0.717) is 0 Å². The topological polar surface area (TPSA) is 90.6 Å². The molecule has 0 bridgehead atoms. The van der Waals surface area contributed by atoms with Crippen LogP contribution in [0.2, 0.25) is 5.02 Å². The number of rotatable bonds is 3. The second-order valence-corrected chi connectivity index (χ2v) is 6.64. The van der Waals surface area contributed by atoms with Crippen molar-refractivity contribution in [1.82, 2.24) is 4.31 Å². The van der Waals surface area contributed by atoms with Gasteiger partial charge in [-0.1, -0.05) is 11.6 Å². The number of ether oxygens (including phenoxy) is 1. The zero-order valence-corrected chi connectivity index (χ0v) is 12.1. The van der Waals surface area contributed by atoms with Crippen LogP contribution in [0, 0.1) is 11.3 Å². The largest absolute Gasteiger partial charge is 0.394 e. The van der Waals surface area contributed by atoms with E-state index in [4.69, 9.17) is 26.7 Å². The fourth-order valence-electron chi connectivity index (χ4n) is 1.92. The van der Waals surface area contributed by atoms with E-state index < -0.39 is 16.1 Å². The predicted octanol–water partition coefficient (Wildman–Crippen LogP) is 0.593. The highest BCUT2D eigenvalue weighted by atomic mass is 35.5. The highest BCUT2D eigenvalue weighted by Crippen LogP contribution is 2.24. The lowest BCUT2D eigenvalue weighted by atomic mass is 10.2. The monoisotopic (exact) mass is 316 g/mol. The molecule has 1 aliphatic rings. The number of halogens is 1. The standard InChI is InChI=1S/C12H13ClN2O4S/c13-12-5-11(2-1-9(12)6-14)20(17,18)15-3-4-19-10(7-15)8-16/h1-2,5,10,16H,3-4,7-8H2. The molecule has 0 saturated carbocycles. The van der Waals surface area contributed by atoms with Crippen LogP contribution in [0.3, 0.4) is 0 Å². The van der Waals surface area contributed by atoms with Crippen molar-refractivity contribution < 1.29 is 18.3 Å². The molecule has 1 aromatic rings. The lowest BCUT2D eigenvalue weighted by Crippen LogP contribution is -2.46. The Morgan fingerprint density at radius 3 is 2.90 bits per heavy atom. The number of aliphatic hydroxyl groups excluding tert-OH is 1. The van der Waals surface area contributed by atoms with Crippen LogP contribution < -0.4 is 0 Å². The number of morpholine rings is 1. The van der Waals surface area contributed by atoms with Crippen molar-refractivity contribution in [1.29, 1.82) is 5.26 Å². The maximum absolute atomic E-state index is 12.4. The van der Waals surface area contributed by atoms with Crippen LogP contribution in [0.5, 0.6) is 0 Å². The maximum atomic E-state index is 12.4. The van der Waals surface area contributed by atoms with Crippen LogP contribution in [0.25, 0.3) is 0 Å². The molecule has 8 heteroatoms. The average molecular weight is 317 g/mol. The van der Waals surface area contributed by atoms with Crippen molar-refractivity contribution in [2.24, 2.45) is 0 Å². The molecular formula is C12H13ClN2O4S. The number of aliphatic hydroxyl groups is 1. The smallest absolute Gasteiger partial charge is 0.243 e. The molecule has 0 amide bonds. The molecule has 20 heavy (non-hydrogen) atoms. The average Bonchev–Trinajstić information content (AvgIpc) is 2.47. The van der Waals surface area contributed by atoms with Crippen LogP contribution in [0.4, 0.5) is 0 Å². The van der Waals surface area contributed by atoms with E-state index in [2.05, 4.69) is 0 Å². The number of hydrogen-bond acceptors (Lipinski definition) is 5. The van der Waals surface area contributed by atoms with E-state index in [0.717, 1.165) is 0 Å². The van der Waals surface area contributed by atoms with Crippen LogP contribution in [-0.2, 0) is 14.8 Å². The van der Waals surface area contributed by atoms with Crippen LogP contribution >= 0.6 is 11.6 Å². The van der Waals surface area contributed by atoms with Crippen LogP contribution in [-0.4, -0.2) is 50.2 Å². The molecule has 1 fully saturated rings. The van der Waals surface area contributed by atoms with Crippen molar-refractivity contribution in [2.75, 3.05) is 26.3 Å². The molecule has 0 aromatic heterocycles. The lowest BCUT2D eigenvalue weighted by molar-refractivity contribution is -0.0304. The Kier molecular flexibility index (Phi) is 4.62. The summed E-state index contributed by atoms with van der Waals surface area (Å²) in [7, 11) is -3.70. The van der Waals surface area contributed by atoms with E-state index >= 15 is 0 Å². The molecule has 108 valence electrons. The van der Waals surface area contributed by atoms with Crippen molar-refractivity contribution in [2.45, 2.75) is 11.0 Å². The van der Waals surface area contributed by atoms with Crippen LogP contribution in [0.15, 0.2) is 23.1 Å². The zero-order valence-electron chi connectivity index (χ0n) is 10.5. The summed E-state index contributed by atoms with van der Waals surface area (Å²) in [5.74, 6) is 0. The van der Waals surface area contributed by atoms with Gasteiger partial charge in [0.1, 0.15) is 6.07 Å². The van der Waals surface area contributed by atoms with Crippen molar-refractivity contribution >= 4 is 21.6 Å². The second kappa shape index (κ2) is 6.08. The minimum atomic E-state index is -3.70. The normalized spacial score (nSPS) is 20.6. The Labute approximate surface area is 122 Å². The van der Waals surface area contributed by atoms with Gasteiger partial charge in [0.25, 0.3) is 0 Å². The Morgan fingerprint density at radius 1 is 1.55 bits per heavy atom. The van der Waals surface area contributed by atoms with Gasteiger partial charge in [0, 0.05) is 13.1 Å². The Hall–Kier alpha value is -1.17. The highest BCUT2D eigenvalue weighted by Gasteiger charge is 2.30. The first-order valence-electron chi connectivity index (χ1n) is 5.91. The molecule has 0 aliphatic carbocycles. The summed E-state index contributed by atoms with van der Waals surface area (Å²) >= 11 is 5.86. The lowest BCUT2D eigenvalue weighted by Gasteiger charge is -2.31. The number of sulfonamides is 1. The third-order valence-electron chi connectivity index (χ3n) is 3.00. The molecule has 1 N–H and O–H groups in total. The van der Waals surface area contributed by atoms with Crippen LogP contribution in [0.1, 0.15) is 5.56 Å². The van der Waals surface area contributed by atoms with Gasteiger partial charge in [0.2, 0.25) is 10.0 Å².